The standard InChI is InChI=1S/C28H42N2O3/c1-6-18-15-29-30(16-18)17-28(4,32)24-10-9-23-21-8-7-19-14-27(3,31)25(33-5)13-22(19)20(21)11-12-26(23,24)2/h1,15-16,19-25,31-32H,7-14,17H2,2-5H3/t19-,20+,21-,22+,23+,24+,25-,26+,27+,28-/m1/s1. The van der Waals surface area contributed by atoms with Crippen LogP contribution < -0.4 is 0 Å². The first-order chi connectivity index (χ1) is 15.6. The molecule has 0 amide bonds. The van der Waals surface area contributed by atoms with E-state index < -0.39 is 11.2 Å². The van der Waals surface area contributed by atoms with Crippen LogP contribution in [0, 0.1) is 53.3 Å². The fourth-order valence-corrected chi connectivity index (χ4v) is 9.35. The lowest BCUT2D eigenvalue weighted by Crippen LogP contribution is -2.56. The van der Waals surface area contributed by atoms with Gasteiger partial charge in [0.25, 0.3) is 0 Å². The lowest BCUT2D eigenvalue weighted by Gasteiger charge is -2.58. The number of aliphatic hydroxyl groups is 2. The summed E-state index contributed by atoms with van der Waals surface area (Å²) in [5, 5.41) is 27.0. The van der Waals surface area contributed by atoms with Gasteiger partial charge < -0.3 is 14.9 Å². The molecule has 1 aromatic rings. The van der Waals surface area contributed by atoms with Crippen LogP contribution in [0.25, 0.3) is 0 Å². The Labute approximate surface area is 199 Å². The minimum Gasteiger partial charge on any atom is -0.388 e. The fraction of sp³-hybridized carbons (Fsp3) is 0.821. The van der Waals surface area contributed by atoms with Crippen LogP contribution >= 0.6 is 0 Å². The quantitative estimate of drug-likeness (QED) is 0.667. The van der Waals surface area contributed by atoms with Crippen molar-refractivity contribution in [3.8, 4) is 12.3 Å². The molecular formula is C28H42N2O3. The topological polar surface area (TPSA) is 67.5 Å². The molecule has 0 unspecified atom stereocenters. The number of fused-ring (bicyclic) bond motifs is 5. The number of terminal acetylenes is 1. The molecule has 5 nitrogen and oxygen atoms in total. The van der Waals surface area contributed by atoms with Crippen LogP contribution in [0.4, 0.5) is 0 Å². The van der Waals surface area contributed by atoms with Gasteiger partial charge in [0.05, 0.1) is 35.6 Å². The molecule has 0 saturated heterocycles. The van der Waals surface area contributed by atoms with Gasteiger partial charge in [-0.15, -0.1) is 6.42 Å². The van der Waals surface area contributed by atoms with Crippen molar-refractivity contribution in [2.24, 2.45) is 40.9 Å². The van der Waals surface area contributed by atoms with E-state index in [1.54, 1.807) is 13.3 Å². The van der Waals surface area contributed by atoms with E-state index in [0.29, 0.717) is 24.3 Å². The zero-order valence-corrected chi connectivity index (χ0v) is 20.8. The Morgan fingerprint density at radius 2 is 2.00 bits per heavy atom. The van der Waals surface area contributed by atoms with Crippen molar-refractivity contribution in [2.75, 3.05) is 7.11 Å². The third kappa shape index (κ3) is 3.77. The Bertz CT molecular complexity index is 914. The van der Waals surface area contributed by atoms with E-state index in [9.17, 15) is 10.2 Å². The summed E-state index contributed by atoms with van der Waals surface area (Å²) in [4.78, 5) is 0. The maximum Gasteiger partial charge on any atom is 0.0882 e. The first kappa shape index (κ1) is 23.4. The Balaban J connectivity index is 1.34. The van der Waals surface area contributed by atoms with E-state index in [2.05, 4.69) is 17.9 Å². The molecule has 1 heterocycles. The van der Waals surface area contributed by atoms with Gasteiger partial charge in [-0.25, -0.2) is 0 Å². The number of hydrogen-bond acceptors (Lipinski definition) is 4. The molecule has 0 radical (unpaired) electrons. The van der Waals surface area contributed by atoms with E-state index in [1.807, 2.05) is 24.7 Å². The first-order valence-electron chi connectivity index (χ1n) is 13.1. The molecule has 4 aliphatic rings. The van der Waals surface area contributed by atoms with E-state index in [1.165, 1.54) is 32.1 Å². The first-order valence-corrected chi connectivity index (χ1v) is 13.1. The molecule has 2 N–H and O–H groups in total. The summed E-state index contributed by atoms with van der Waals surface area (Å²) in [7, 11) is 1.76. The van der Waals surface area contributed by atoms with Gasteiger partial charge in [0.2, 0.25) is 0 Å². The molecule has 0 spiro atoms. The summed E-state index contributed by atoms with van der Waals surface area (Å²) < 4.78 is 7.59. The molecular weight excluding hydrogens is 412 g/mol. The molecule has 0 bridgehead atoms. The summed E-state index contributed by atoms with van der Waals surface area (Å²) in [6.45, 7) is 6.94. The predicted molar refractivity (Wildman–Crippen MR) is 128 cm³/mol. The van der Waals surface area contributed by atoms with Crippen LogP contribution in [0.2, 0.25) is 0 Å². The van der Waals surface area contributed by atoms with Crippen LogP contribution in [0.1, 0.15) is 77.7 Å². The van der Waals surface area contributed by atoms with Gasteiger partial charge in [0.15, 0.2) is 0 Å². The van der Waals surface area contributed by atoms with Crippen molar-refractivity contribution in [3.05, 3.63) is 18.0 Å². The van der Waals surface area contributed by atoms with Gasteiger partial charge in [-0.2, -0.15) is 5.10 Å². The molecule has 0 aliphatic heterocycles. The molecule has 0 aromatic carbocycles. The molecule has 33 heavy (non-hydrogen) atoms. The van der Waals surface area contributed by atoms with Gasteiger partial charge in [0.1, 0.15) is 0 Å². The van der Waals surface area contributed by atoms with Crippen molar-refractivity contribution in [2.45, 2.75) is 96.0 Å². The van der Waals surface area contributed by atoms with Crippen LogP contribution in [-0.4, -0.2) is 44.4 Å². The van der Waals surface area contributed by atoms with Gasteiger partial charge in [-0.1, -0.05) is 12.8 Å². The largest absolute Gasteiger partial charge is 0.388 e. The van der Waals surface area contributed by atoms with Crippen LogP contribution in [0.5, 0.6) is 0 Å². The number of nitrogens with zero attached hydrogens (tertiary/aromatic N) is 2. The highest BCUT2D eigenvalue weighted by Gasteiger charge is 2.61. The molecule has 4 aliphatic carbocycles. The molecule has 1 aromatic heterocycles. The molecule has 4 saturated carbocycles. The average molecular weight is 455 g/mol. The number of ether oxygens (including phenoxy) is 1. The third-order valence-electron chi connectivity index (χ3n) is 10.7. The van der Waals surface area contributed by atoms with Crippen LogP contribution in [0.15, 0.2) is 12.4 Å². The number of methoxy groups -OCH3 is 1. The normalized spacial score (nSPS) is 46.5. The molecule has 4 fully saturated rings. The van der Waals surface area contributed by atoms with E-state index in [0.717, 1.165) is 36.7 Å². The molecule has 5 rings (SSSR count). The van der Waals surface area contributed by atoms with Crippen molar-refractivity contribution in [1.82, 2.24) is 9.78 Å². The molecule has 5 heteroatoms. The number of rotatable bonds is 4. The van der Waals surface area contributed by atoms with Crippen LogP contribution in [0.3, 0.4) is 0 Å². The Morgan fingerprint density at radius 3 is 2.70 bits per heavy atom. The van der Waals surface area contributed by atoms with Crippen molar-refractivity contribution >= 4 is 0 Å². The van der Waals surface area contributed by atoms with Gasteiger partial charge in [-0.3, -0.25) is 4.68 Å². The van der Waals surface area contributed by atoms with Gasteiger partial charge in [-0.05, 0) is 106 Å². The van der Waals surface area contributed by atoms with E-state index in [4.69, 9.17) is 11.2 Å². The molecule has 182 valence electrons. The van der Waals surface area contributed by atoms with Crippen molar-refractivity contribution < 1.29 is 14.9 Å². The fourth-order valence-electron chi connectivity index (χ4n) is 9.35. The number of hydrogen-bond donors (Lipinski definition) is 2. The van der Waals surface area contributed by atoms with Gasteiger partial charge >= 0.3 is 0 Å². The summed E-state index contributed by atoms with van der Waals surface area (Å²) in [6, 6.07) is 0. The zero-order chi connectivity index (χ0) is 23.6. The third-order valence-corrected chi connectivity index (χ3v) is 10.7. The second-order valence-corrected chi connectivity index (χ2v) is 12.6. The van der Waals surface area contributed by atoms with Crippen molar-refractivity contribution in [3.63, 3.8) is 0 Å². The Morgan fingerprint density at radius 1 is 1.21 bits per heavy atom. The minimum atomic E-state index is -0.809. The SMILES string of the molecule is C#Cc1cnn(C[C@@](C)(O)[C@H]2CC[C@H]3[C@@H]4CC[C@@H]5C[C@](C)(O)[C@H](OC)C[C@@H]5[C@H]4CC[C@@]32C)c1. The molecule has 10 atom stereocenters. The Kier molecular flexibility index (Phi) is 5.75. The van der Waals surface area contributed by atoms with Crippen LogP contribution in [-0.2, 0) is 11.3 Å². The maximum absolute atomic E-state index is 11.7. The summed E-state index contributed by atoms with van der Waals surface area (Å²) >= 11 is 0. The highest BCUT2D eigenvalue weighted by Crippen LogP contribution is 2.66. The Hall–Kier alpha value is -1.35. The minimum absolute atomic E-state index is 0.0511. The average Bonchev–Trinajstić information content (AvgIpc) is 3.35. The summed E-state index contributed by atoms with van der Waals surface area (Å²) in [6.07, 6.45) is 18.1. The predicted octanol–water partition coefficient (Wildman–Crippen LogP) is 4.26. The lowest BCUT2D eigenvalue weighted by atomic mass is 9.48. The summed E-state index contributed by atoms with van der Waals surface area (Å²) in [5.74, 6) is 6.36. The summed E-state index contributed by atoms with van der Waals surface area (Å²) in [5.41, 5.74) is -0.579. The lowest BCUT2D eigenvalue weighted by molar-refractivity contribution is -0.169. The van der Waals surface area contributed by atoms with E-state index in [-0.39, 0.29) is 17.4 Å². The second-order valence-electron chi connectivity index (χ2n) is 12.6. The van der Waals surface area contributed by atoms with E-state index >= 15 is 0 Å². The van der Waals surface area contributed by atoms with Gasteiger partial charge in [0, 0.05) is 13.3 Å². The highest BCUT2D eigenvalue weighted by atomic mass is 16.5. The second kappa shape index (κ2) is 8.11. The van der Waals surface area contributed by atoms with Crippen molar-refractivity contribution in [1.29, 1.82) is 0 Å². The maximum atomic E-state index is 11.7. The monoisotopic (exact) mass is 454 g/mol. The number of aromatic nitrogens is 2. The highest BCUT2D eigenvalue weighted by molar-refractivity contribution is 5.26. The smallest absolute Gasteiger partial charge is 0.0882 e. The zero-order valence-electron chi connectivity index (χ0n) is 20.8.